The lowest BCUT2D eigenvalue weighted by atomic mass is 10.0. The molecule has 0 N–H and O–H groups in total. The molecular formula is C18H21NO3S. The molecule has 2 heterocycles. The van der Waals surface area contributed by atoms with E-state index in [-0.39, 0.29) is 11.9 Å². The van der Waals surface area contributed by atoms with Crippen LogP contribution in [0.5, 0.6) is 11.5 Å². The molecule has 0 bridgehead atoms. The van der Waals surface area contributed by atoms with E-state index in [1.807, 2.05) is 17.9 Å². The molecule has 23 heavy (non-hydrogen) atoms. The Kier molecular flexibility index (Phi) is 4.57. The van der Waals surface area contributed by atoms with Crippen LogP contribution >= 0.6 is 11.3 Å². The maximum atomic E-state index is 12.9. The molecule has 5 heteroatoms. The molecule has 0 aliphatic carbocycles. The van der Waals surface area contributed by atoms with Crippen LogP contribution in [0.2, 0.25) is 0 Å². The first-order valence-corrected chi connectivity index (χ1v) is 8.71. The quantitative estimate of drug-likeness (QED) is 0.852. The zero-order valence-corrected chi connectivity index (χ0v) is 14.5. The van der Waals surface area contributed by atoms with E-state index in [9.17, 15) is 4.79 Å². The van der Waals surface area contributed by atoms with Crippen LogP contribution in [-0.4, -0.2) is 31.1 Å². The van der Waals surface area contributed by atoms with Crippen molar-refractivity contribution in [2.45, 2.75) is 26.3 Å². The van der Waals surface area contributed by atoms with Gasteiger partial charge in [-0.05, 0) is 55.5 Å². The predicted molar refractivity (Wildman–Crippen MR) is 91.6 cm³/mol. The fourth-order valence-corrected chi connectivity index (χ4v) is 3.99. The zero-order valence-electron chi connectivity index (χ0n) is 13.7. The summed E-state index contributed by atoms with van der Waals surface area (Å²) in [5, 5.41) is 2.11. The monoisotopic (exact) mass is 331 g/mol. The van der Waals surface area contributed by atoms with Crippen molar-refractivity contribution in [3.05, 3.63) is 45.6 Å². The molecule has 1 amide bonds. The van der Waals surface area contributed by atoms with Crippen LogP contribution < -0.4 is 9.47 Å². The Bertz CT molecular complexity index is 710. The standard InChI is InChI=1S/C18H21NO3S/c1-4-22-15-6-5-13(11-16(15)21-3)18(20)19-9-7-17-14(12(19)2)8-10-23-17/h5-6,8,10-12H,4,7,9H2,1-3H3/t12-/m0/s1. The Morgan fingerprint density at radius 3 is 2.91 bits per heavy atom. The van der Waals surface area contributed by atoms with Crippen LogP contribution in [0.4, 0.5) is 0 Å². The van der Waals surface area contributed by atoms with Crippen molar-refractivity contribution < 1.29 is 14.3 Å². The second kappa shape index (κ2) is 6.62. The minimum absolute atomic E-state index is 0.0377. The van der Waals surface area contributed by atoms with Crippen molar-refractivity contribution in [1.82, 2.24) is 4.90 Å². The second-order valence-corrected chi connectivity index (χ2v) is 6.52. The number of rotatable bonds is 4. The Morgan fingerprint density at radius 1 is 1.35 bits per heavy atom. The molecule has 1 aromatic carbocycles. The van der Waals surface area contributed by atoms with Crippen LogP contribution in [0.1, 0.15) is 40.7 Å². The van der Waals surface area contributed by atoms with Gasteiger partial charge in [-0.25, -0.2) is 0 Å². The second-order valence-electron chi connectivity index (χ2n) is 5.52. The number of thiophene rings is 1. The molecule has 1 aliphatic heterocycles. The van der Waals surface area contributed by atoms with Crippen molar-refractivity contribution >= 4 is 17.2 Å². The maximum absolute atomic E-state index is 12.9. The molecule has 0 spiro atoms. The molecule has 1 atom stereocenters. The summed E-state index contributed by atoms with van der Waals surface area (Å²) in [6, 6.07) is 7.62. The first-order chi connectivity index (χ1) is 11.2. The average molecular weight is 331 g/mol. The highest BCUT2D eigenvalue weighted by molar-refractivity contribution is 7.10. The summed E-state index contributed by atoms with van der Waals surface area (Å²) >= 11 is 1.78. The van der Waals surface area contributed by atoms with Gasteiger partial charge in [0, 0.05) is 17.0 Å². The number of nitrogens with zero attached hydrogens (tertiary/aromatic N) is 1. The molecule has 3 rings (SSSR count). The number of carbonyl (C=O) groups excluding carboxylic acids is 1. The van der Waals surface area contributed by atoms with E-state index in [1.54, 1.807) is 30.6 Å². The minimum atomic E-state index is 0.0377. The Balaban J connectivity index is 1.86. The number of amides is 1. The maximum Gasteiger partial charge on any atom is 0.254 e. The molecule has 1 aliphatic rings. The Labute approximate surface area is 140 Å². The summed E-state index contributed by atoms with van der Waals surface area (Å²) in [6.07, 6.45) is 0.928. The summed E-state index contributed by atoms with van der Waals surface area (Å²) in [5.41, 5.74) is 1.91. The SMILES string of the molecule is CCOc1ccc(C(=O)N2CCc3sccc3[C@@H]2C)cc1OC. The van der Waals surface area contributed by atoms with Gasteiger partial charge < -0.3 is 14.4 Å². The summed E-state index contributed by atoms with van der Waals surface area (Å²) in [4.78, 5) is 16.2. The Morgan fingerprint density at radius 2 is 2.17 bits per heavy atom. The first-order valence-electron chi connectivity index (χ1n) is 7.83. The van der Waals surface area contributed by atoms with E-state index in [2.05, 4.69) is 18.4 Å². The van der Waals surface area contributed by atoms with Gasteiger partial charge in [-0.15, -0.1) is 11.3 Å². The third-order valence-electron chi connectivity index (χ3n) is 4.25. The number of fused-ring (bicyclic) bond motifs is 1. The molecule has 1 aromatic heterocycles. The largest absolute Gasteiger partial charge is 0.493 e. The van der Waals surface area contributed by atoms with Crippen molar-refractivity contribution in [2.24, 2.45) is 0 Å². The fourth-order valence-electron chi connectivity index (χ4n) is 3.03. The molecular weight excluding hydrogens is 310 g/mol. The van der Waals surface area contributed by atoms with Gasteiger partial charge in [0.2, 0.25) is 0 Å². The Hall–Kier alpha value is -2.01. The minimum Gasteiger partial charge on any atom is -0.493 e. The number of carbonyl (C=O) groups is 1. The van der Waals surface area contributed by atoms with E-state index in [0.29, 0.717) is 23.7 Å². The van der Waals surface area contributed by atoms with Gasteiger partial charge in [-0.2, -0.15) is 0 Å². The lowest BCUT2D eigenvalue weighted by Gasteiger charge is -2.33. The lowest BCUT2D eigenvalue weighted by Crippen LogP contribution is -2.38. The van der Waals surface area contributed by atoms with Gasteiger partial charge in [0.15, 0.2) is 11.5 Å². The van der Waals surface area contributed by atoms with Crippen molar-refractivity contribution in [1.29, 1.82) is 0 Å². The molecule has 0 fully saturated rings. The lowest BCUT2D eigenvalue weighted by molar-refractivity contribution is 0.0679. The van der Waals surface area contributed by atoms with Crippen molar-refractivity contribution in [2.75, 3.05) is 20.3 Å². The number of hydrogen-bond donors (Lipinski definition) is 0. The van der Waals surface area contributed by atoms with Gasteiger partial charge in [-0.3, -0.25) is 4.79 Å². The summed E-state index contributed by atoms with van der Waals surface area (Å²) in [7, 11) is 1.59. The van der Waals surface area contributed by atoms with E-state index in [0.717, 1.165) is 13.0 Å². The van der Waals surface area contributed by atoms with E-state index in [1.165, 1.54) is 10.4 Å². The van der Waals surface area contributed by atoms with Crippen LogP contribution in [0.25, 0.3) is 0 Å². The van der Waals surface area contributed by atoms with Crippen LogP contribution in [0.3, 0.4) is 0 Å². The highest BCUT2D eigenvalue weighted by atomic mass is 32.1. The van der Waals surface area contributed by atoms with Crippen molar-refractivity contribution in [3.8, 4) is 11.5 Å². The van der Waals surface area contributed by atoms with E-state index < -0.39 is 0 Å². The zero-order chi connectivity index (χ0) is 16.4. The van der Waals surface area contributed by atoms with Gasteiger partial charge in [0.1, 0.15) is 0 Å². The molecule has 122 valence electrons. The topological polar surface area (TPSA) is 38.8 Å². The fraction of sp³-hybridized carbons (Fsp3) is 0.389. The summed E-state index contributed by atoms with van der Waals surface area (Å²) in [5.74, 6) is 1.30. The molecule has 4 nitrogen and oxygen atoms in total. The molecule has 0 saturated carbocycles. The average Bonchev–Trinajstić information content (AvgIpc) is 3.05. The van der Waals surface area contributed by atoms with Gasteiger partial charge in [0.25, 0.3) is 5.91 Å². The molecule has 0 saturated heterocycles. The van der Waals surface area contributed by atoms with Gasteiger partial charge >= 0.3 is 0 Å². The van der Waals surface area contributed by atoms with E-state index >= 15 is 0 Å². The summed E-state index contributed by atoms with van der Waals surface area (Å²) < 4.78 is 10.9. The third kappa shape index (κ3) is 2.93. The van der Waals surface area contributed by atoms with Crippen LogP contribution in [0, 0.1) is 0 Å². The predicted octanol–water partition coefficient (Wildman–Crippen LogP) is 3.91. The highest BCUT2D eigenvalue weighted by Gasteiger charge is 2.29. The van der Waals surface area contributed by atoms with Crippen molar-refractivity contribution in [3.63, 3.8) is 0 Å². The van der Waals surface area contributed by atoms with Gasteiger partial charge in [-0.1, -0.05) is 0 Å². The molecule has 0 unspecified atom stereocenters. The normalized spacial score (nSPS) is 16.8. The number of benzene rings is 1. The number of methoxy groups -OCH3 is 1. The third-order valence-corrected chi connectivity index (χ3v) is 5.25. The molecule has 0 radical (unpaired) electrons. The van der Waals surface area contributed by atoms with Crippen LogP contribution in [-0.2, 0) is 6.42 Å². The smallest absolute Gasteiger partial charge is 0.254 e. The van der Waals surface area contributed by atoms with E-state index in [4.69, 9.17) is 9.47 Å². The number of hydrogen-bond acceptors (Lipinski definition) is 4. The van der Waals surface area contributed by atoms with Crippen LogP contribution in [0.15, 0.2) is 29.6 Å². The first kappa shape index (κ1) is 15.9. The number of ether oxygens (including phenoxy) is 2. The highest BCUT2D eigenvalue weighted by Crippen LogP contribution is 2.35. The van der Waals surface area contributed by atoms with Gasteiger partial charge in [0.05, 0.1) is 19.8 Å². The molecule has 2 aromatic rings. The summed E-state index contributed by atoms with van der Waals surface area (Å²) in [6.45, 7) is 5.33.